The number of anilines is 1. The highest BCUT2D eigenvalue weighted by Crippen LogP contribution is 2.31. The monoisotopic (exact) mass is 415 g/mol. The number of piperazine rings is 1. The number of alkyl halides is 3. The zero-order valence-electron chi connectivity index (χ0n) is 15.7. The molecule has 30 heavy (non-hydrogen) atoms. The first-order chi connectivity index (χ1) is 14.4. The summed E-state index contributed by atoms with van der Waals surface area (Å²) >= 11 is 0. The van der Waals surface area contributed by atoms with Gasteiger partial charge in [-0.15, -0.1) is 0 Å². The van der Waals surface area contributed by atoms with Crippen LogP contribution in [0.1, 0.15) is 17.1 Å². The Kier molecular flexibility index (Phi) is 5.33. The van der Waals surface area contributed by atoms with Crippen molar-refractivity contribution in [2.24, 2.45) is 0 Å². The van der Waals surface area contributed by atoms with Crippen LogP contribution in [0.25, 0.3) is 11.4 Å². The molecule has 0 unspecified atom stereocenters. The highest BCUT2D eigenvalue weighted by Gasteiger charge is 2.31. The predicted octanol–water partition coefficient (Wildman–Crippen LogP) is 2.74. The van der Waals surface area contributed by atoms with E-state index in [9.17, 15) is 18.4 Å². The van der Waals surface area contributed by atoms with Gasteiger partial charge in [-0.05, 0) is 12.1 Å². The first kappa shape index (κ1) is 19.8. The minimum atomic E-state index is -4.43. The third-order valence-electron chi connectivity index (χ3n) is 4.73. The third kappa shape index (κ3) is 4.23. The van der Waals surface area contributed by atoms with E-state index < -0.39 is 11.7 Å². The molecule has 1 saturated heterocycles. The van der Waals surface area contributed by atoms with E-state index in [1.165, 1.54) is 18.3 Å². The minimum absolute atomic E-state index is 0.118. The minimum Gasteiger partial charge on any atom is -0.352 e. The van der Waals surface area contributed by atoms with E-state index in [0.717, 1.165) is 12.1 Å². The zero-order valence-corrected chi connectivity index (χ0v) is 15.7. The Balaban J connectivity index is 1.39. The van der Waals surface area contributed by atoms with Crippen molar-refractivity contribution < 1.29 is 17.7 Å². The fourth-order valence-corrected chi connectivity index (χ4v) is 3.22. The second kappa shape index (κ2) is 8.08. The van der Waals surface area contributed by atoms with Crippen LogP contribution >= 0.6 is 0 Å². The van der Waals surface area contributed by atoms with Crippen LogP contribution in [-0.4, -0.2) is 51.2 Å². The van der Waals surface area contributed by atoms with E-state index in [4.69, 9.17) is 4.52 Å². The van der Waals surface area contributed by atoms with Crippen molar-refractivity contribution in [3.05, 3.63) is 53.8 Å². The third-order valence-corrected chi connectivity index (χ3v) is 4.73. The maximum atomic E-state index is 12.9. The quantitative estimate of drug-likeness (QED) is 0.642. The molecule has 1 aliphatic heterocycles. The highest BCUT2D eigenvalue weighted by atomic mass is 19.4. The number of halogens is 3. The fourth-order valence-electron chi connectivity index (χ4n) is 3.22. The topological polar surface area (TPSA) is 95.0 Å². The number of nitriles is 1. The van der Waals surface area contributed by atoms with Gasteiger partial charge in [0, 0.05) is 44.1 Å². The van der Waals surface area contributed by atoms with Crippen molar-refractivity contribution in [2.75, 3.05) is 31.1 Å². The molecule has 0 spiro atoms. The van der Waals surface area contributed by atoms with E-state index in [-0.39, 0.29) is 17.1 Å². The summed E-state index contributed by atoms with van der Waals surface area (Å²) in [7, 11) is 0. The van der Waals surface area contributed by atoms with Crippen LogP contribution in [0.15, 0.2) is 41.2 Å². The van der Waals surface area contributed by atoms with Crippen LogP contribution in [0.5, 0.6) is 0 Å². The molecule has 2 aromatic heterocycles. The number of nitrogens with zero attached hydrogens (tertiary/aromatic N) is 7. The Morgan fingerprint density at radius 1 is 1.10 bits per heavy atom. The van der Waals surface area contributed by atoms with Crippen molar-refractivity contribution in [1.82, 2.24) is 25.0 Å². The van der Waals surface area contributed by atoms with E-state index in [0.29, 0.717) is 44.4 Å². The lowest BCUT2D eigenvalue weighted by molar-refractivity contribution is -0.137. The predicted molar refractivity (Wildman–Crippen MR) is 99.0 cm³/mol. The van der Waals surface area contributed by atoms with Gasteiger partial charge in [0.15, 0.2) is 11.5 Å². The van der Waals surface area contributed by atoms with Crippen molar-refractivity contribution >= 4 is 5.82 Å². The summed E-state index contributed by atoms with van der Waals surface area (Å²) < 4.78 is 43.9. The summed E-state index contributed by atoms with van der Waals surface area (Å²) in [5.74, 6) is 1.00. The Labute approximate surface area is 169 Å². The summed E-state index contributed by atoms with van der Waals surface area (Å²) in [4.78, 5) is 16.6. The number of hydrogen-bond acceptors (Lipinski definition) is 8. The van der Waals surface area contributed by atoms with Gasteiger partial charge in [0.1, 0.15) is 6.07 Å². The number of hydrogen-bond donors (Lipinski definition) is 0. The molecule has 0 N–H and O–H groups in total. The van der Waals surface area contributed by atoms with E-state index >= 15 is 0 Å². The normalized spacial score (nSPS) is 15.2. The molecule has 0 bridgehead atoms. The summed E-state index contributed by atoms with van der Waals surface area (Å²) in [6.45, 7) is 3.00. The molecule has 0 radical (unpaired) electrons. The Morgan fingerprint density at radius 2 is 1.87 bits per heavy atom. The van der Waals surface area contributed by atoms with Gasteiger partial charge in [0.05, 0.1) is 12.1 Å². The lowest BCUT2D eigenvalue weighted by atomic mass is 10.1. The van der Waals surface area contributed by atoms with Crippen LogP contribution in [0.3, 0.4) is 0 Å². The number of rotatable bonds is 4. The summed E-state index contributed by atoms with van der Waals surface area (Å²) in [5.41, 5.74) is -0.229. The molecule has 1 aliphatic rings. The molecular weight excluding hydrogens is 399 g/mol. The molecule has 4 rings (SSSR count). The lowest BCUT2D eigenvalue weighted by Crippen LogP contribution is -2.46. The fraction of sp³-hybridized carbons (Fsp3) is 0.316. The molecule has 1 aromatic carbocycles. The number of benzene rings is 1. The second-order valence-corrected chi connectivity index (χ2v) is 6.69. The second-order valence-electron chi connectivity index (χ2n) is 6.69. The molecule has 0 amide bonds. The number of aromatic nitrogens is 4. The maximum absolute atomic E-state index is 12.9. The van der Waals surface area contributed by atoms with Crippen LogP contribution in [0.2, 0.25) is 0 Å². The zero-order chi connectivity index (χ0) is 21.1. The molecule has 154 valence electrons. The Hall–Kier alpha value is -3.52. The van der Waals surface area contributed by atoms with Gasteiger partial charge < -0.3 is 9.42 Å². The van der Waals surface area contributed by atoms with Crippen molar-refractivity contribution in [1.29, 1.82) is 5.26 Å². The van der Waals surface area contributed by atoms with Crippen molar-refractivity contribution in [2.45, 2.75) is 12.7 Å². The lowest BCUT2D eigenvalue weighted by Gasteiger charge is -2.34. The van der Waals surface area contributed by atoms with Gasteiger partial charge >= 0.3 is 6.18 Å². The summed E-state index contributed by atoms with van der Waals surface area (Å²) in [5, 5.41) is 13.0. The van der Waals surface area contributed by atoms with E-state index in [1.54, 1.807) is 6.20 Å². The van der Waals surface area contributed by atoms with Crippen molar-refractivity contribution in [3.63, 3.8) is 0 Å². The average Bonchev–Trinajstić information content (AvgIpc) is 3.22. The van der Waals surface area contributed by atoms with Gasteiger partial charge in [-0.3, -0.25) is 4.90 Å². The molecule has 8 nitrogen and oxygen atoms in total. The van der Waals surface area contributed by atoms with Crippen LogP contribution in [-0.2, 0) is 12.7 Å². The molecule has 3 aromatic rings. The van der Waals surface area contributed by atoms with Gasteiger partial charge in [-0.25, -0.2) is 9.97 Å². The standard InChI is InChI=1S/C19H16F3N7O/c20-19(21,22)14-3-1-2-13(10-14)17-26-16(30-27-17)12-28-6-8-29(9-7-28)18-15(11-23)24-4-5-25-18/h1-5,10H,6-9,12H2. The van der Waals surface area contributed by atoms with Crippen LogP contribution in [0.4, 0.5) is 19.0 Å². The molecule has 11 heteroatoms. The van der Waals surface area contributed by atoms with Gasteiger partial charge in [0.25, 0.3) is 0 Å². The van der Waals surface area contributed by atoms with Gasteiger partial charge in [0.2, 0.25) is 11.7 Å². The van der Waals surface area contributed by atoms with Crippen molar-refractivity contribution in [3.8, 4) is 17.5 Å². The molecule has 0 atom stereocenters. The highest BCUT2D eigenvalue weighted by molar-refractivity contribution is 5.55. The molecule has 0 saturated carbocycles. The van der Waals surface area contributed by atoms with Crippen LogP contribution in [0, 0.1) is 11.3 Å². The molecular formula is C19H16F3N7O. The molecule has 0 aliphatic carbocycles. The SMILES string of the molecule is N#Cc1nccnc1N1CCN(Cc2nc(-c3cccc(C(F)(F)F)c3)no2)CC1. The summed E-state index contributed by atoms with van der Waals surface area (Å²) in [6.07, 6.45) is -1.40. The van der Waals surface area contributed by atoms with E-state index in [2.05, 4.69) is 25.0 Å². The molecule has 1 fully saturated rings. The Morgan fingerprint density at radius 3 is 2.60 bits per heavy atom. The first-order valence-electron chi connectivity index (χ1n) is 9.12. The smallest absolute Gasteiger partial charge is 0.352 e. The first-order valence-corrected chi connectivity index (χ1v) is 9.12. The largest absolute Gasteiger partial charge is 0.416 e. The Bertz CT molecular complexity index is 1070. The van der Waals surface area contributed by atoms with Crippen LogP contribution < -0.4 is 4.90 Å². The summed E-state index contributed by atoms with van der Waals surface area (Å²) in [6, 6.07) is 6.87. The average molecular weight is 415 g/mol. The van der Waals surface area contributed by atoms with Gasteiger partial charge in [-0.2, -0.15) is 23.4 Å². The van der Waals surface area contributed by atoms with E-state index in [1.807, 2.05) is 11.0 Å². The van der Waals surface area contributed by atoms with Gasteiger partial charge in [-0.1, -0.05) is 17.3 Å². The maximum Gasteiger partial charge on any atom is 0.416 e. The molecule has 3 heterocycles.